The number of hydrogen-bond acceptors (Lipinski definition) is 7. The minimum atomic E-state index is -0.771. The second-order valence-electron chi connectivity index (χ2n) is 12.9. The van der Waals surface area contributed by atoms with Gasteiger partial charge < -0.3 is 14.6 Å². The van der Waals surface area contributed by atoms with Crippen LogP contribution in [0.15, 0.2) is 60.7 Å². The van der Waals surface area contributed by atoms with E-state index in [9.17, 15) is 9.59 Å². The first-order chi connectivity index (χ1) is 23.2. The van der Waals surface area contributed by atoms with Gasteiger partial charge in [-0.3, -0.25) is 14.5 Å². The lowest BCUT2D eigenvalue weighted by Crippen LogP contribution is -2.54. The number of likely N-dealkylation sites (tertiary alicyclic amines) is 1. The molecule has 3 heterocycles. The summed E-state index contributed by atoms with van der Waals surface area (Å²) in [6.07, 6.45) is 5.65. The van der Waals surface area contributed by atoms with Crippen molar-refractivity contribution in [3.8, 4) is 45.4 Å². The van der Waals surface area contributed by atoms with Crippen molar-refractivity contribution in [3.05, 3.63) is 81.8 Å². The molecule has 2 fully saturated rings. The van der Waals surface area contributed by atoms with Crippen LogP contribution in [0.1, 0.15) is 56.1 Å². The van der Waals surface area contributed by atoms with Gasteiger partial charge in [0.15, 0.2) is 0 Å². The molecule has 0 unspecified atom stereocenters. The number of nitrogens with zero attached hydrogens (tertiary/aromatic N) is 3. The normalized spacial score (nSPS) is 15.5. The van der Waals surface area contributed by atoms with Crippen LogP contribution in [0.2, 0.25) is 10.0 Å². The zero-order valence-corrected chi connectivity index (χ0v) is 28.7. The van der Waals surface area contributed by atoms with Gasteiger partial charge in [-0.15, -0.1) is 0 Å². The Kier molecular flexibility index (Phi) is 10.3. The predicted octanol–water partition coefficient (Wildman–Crippen LogP) is 8.54. The minimum absolute atomic E-state index is 0.168. The fraction of sp³-hybridized carbons (Fsp3) is 0.368. The molecule has 1 aliphatic carbocycles. The number of carboxylic acids is 1. The van der Waals surface area contributed by atoms with E-state index in [1.54, 1.807) is 14.2 Å². The molecular weight excluding hydrogens is 649 g/mol. The molecule has 8 nitrogen and oxygen atoms in total. The van der Waals surface area contributed by atoms with Crippen LogP contribution >= 0.6 is 23.2 Å². The van der Waals surface area contributed by atoms with E-state index in [-0.39, 0.29) is 11.8 Å². The number of methoxy groups -OCH3 is 2. The number of ether oxygens (including phenoxy) is 2. The molecule has 1 N–H and O–H groups in total. The van der Waals surface area contributed by atoms with Gasteiger partial charge in [0.2, 0.25) is 11.8 Å². The van der Waals surface area contributed by atoms with Crippen LogP contribution in [0, 0.1) is 5.41 Å². The number of carboxylic acid groups (broad SMARTS) is 1. The zero-order chi connectivity index (χ0) is 33.8. The second kappa shape index (κ2) is 14.6. The Morgan fingerprint density at radius 2 is 1.38 bits per heavy atom. The average molecular weight is 689 g/mol. The molecule has 2 aliphatic rings. The van der Waals surface area contributed by atoms with Crippen molar-refractivity contribution in [1.29, 1.82) is 0 Å². The molecule has 250 valence electrons. The second-order valence-corrected chi connectivity index (χ2v) is 13.6. The van der Waals surface area contributed by atoms with Crippen LogP contribution in [-0.4, -0.2) is 59.0 Å². The number of rotatable bonds is 13. The van der Waals surface area contributed by atoms with Gasteiger partial charge in [-0.25, -0.2) is 9.97 Å². The Bertz CT molecular complexity index is 1840. The third kappa shape index (κ3) is 7.21. The zero-order valence-electron chi connectivity index (χ0n) is 27.2. The summed E-state index contributed by atoms with van der Waals surface area (Å²) in [5.74, 6) is 0.697. The maximum Gasteiger partial charge on any atom is 0.303 e. The summed E-state index contributed by atoms with van der Waals surface area (Å²) in [6.45, 7) is 2.58. The summed E-state index contributed by atoms with van der Waals surface area (Å²) >= 11 is 14.2. The average Bonchev–Trinajstić information content (AvgIpc) is 3.46. The lowest BCUT2D eigenvalue weighted by atomic mass is 9.78. The van der Waals surface area contributed by atoms with Crippen LogP contribution in [0.25, 0.3) is 33.6 Å². The highest BCUT2D eigenvalue weighted by atomic mass is 35.5. The molecule has 1 saturated heterocycles. The molecule has 2 aromatic carbocycles. The molecular formula is C38H39Cl2N3O5. The fourth-order valence-corrected chi connectivity index (χ4v) is 7.72. The Morgan fingerprint density at radius 1 is 0.812 bits per heavy atom. The number of aryl methyl sites for hydroxylation is 1. The lowest BCUT2D eigenvalue weighted by Gasteiger charge is -2.48. The van der Waals surface area contributed by atoms with Crippen molar-refractivity contribution in [2.24, 2.45) is 5.41 Å². The number of carbonyl (C=O) groups excluding carboxylic acids is 1. The molecule has 0 atom stereocenters. The molecule has 1 spiro atoms. The largest absolute Gasteiger partial charge is 0.481 e. The van der Waals surface area contributed by atoms with Crippen molar-refractivity contribution in [2.75, 3.05) is 27.3 Å². The quantitative estimate of drug-likeness (QED) is 0.140. The number of Topliss-reactive ketones (excluding diaryl/α,β-unsaturated/α-hetero) is 1. The Balaban J connectivity index is 1.21. The number of carbonyl (C=O) groups is 2. The fourth-order valence-electron chi connectivity index (χ4n) is 7.07. The molecule has 1 saturated carbocycles. The highest BCUT2D eigenvalue weighted by molar-refractivity contribution is 6.39. The van der Waals surface area contributed by atoms with Crippen molar-refractivity contribution in [1.82, 2.24) is 14.9 Å². The first-order valence-electron chi connectivity index (χ1n) is 16.3. The van der Waals surface area contributed by atoms with Gasteiger partial charge in [-0.2, -0.15) is 0 Å². The molecule has 0 bridgehead atoms. The molecule has 0 radical (unpaired) electrons. The Labute approximate surface area is 291 Å². The van der Waals surface area contributed by atoms with Crippen molar-refractivity contribution >= 4 is 35.0 Å². The summed E-state index contributed by atoms with van der Waals surface area (Å²) in [7, 11) is 3.23. The third-order valence-electron chi connectivity index (χ3n) is 9.46. The number of halogens is 2. The SMILES string of the molecule is COc1nc(-c2cccc(-c3cccc(-c4ccc(CN5CC6(CCC(=O)C6)C5)c(OC)n4)c3Cl)c2Cl)ccc1CCCCCC(=O)O. The van der Waals surface area contributed by atoms with E-state index in [0.29, 0.717) is 58.2 Å². The van der Waals surface area contributed by atoms with Gasteiger partial charge in [0.05, 0.1) is 35.7 Å². The first-order valence-corrected chi connectivity index (χ1v) is 17.1. The van der Waals surface area contributed by atoms with E-state index in [4.69, 9.17) is 47.8 Å². The molecule has 6 rings (SSSR count). The van der Waals surface area contributed by atoms with Crippen LogP contribution in [0.5, 0.6) is 11.8 Å². The van der Waals surface area contributed by atoms with Gasteiger partial charge in [-0.1, -0.05) is 78.2 Å². The van der Waals surface area contributed by atoms with Gasteiger partial charge >= 0.3 is 5.97 Å². The lowest BCUT2D eigenvalue weighted by molar-refractivity contribution is -0.137. The molecule has 1 aliphatic heterocycles. The number of hydrogen-bond donors (Lipinski definition) is 1. The maximum absolute atomic E-state index is 11.8. The van der Waals surface area contributed by atoms with Crippen LogP contribution in [0.3, 0.4) is 0 Å². The van der Waals surface area contributed by atoms with Gasteiger partial charge in [-0.05, 0) is 37.8 Å². The van der Waals surface area contributed by atoms with E-state index in [1.807, 2.05) is 60.7 Å². The van der Waals surface area contributed by atoms with Crippen LogP contribution in [-0.2, 0) is 22.6 Å². The number of benzene rings is 2. The van der Waals surface area contributed by atoms with E-state index >= 15 is 0 Å². The Hall–Kier alpha value is -3.98. The number of ketones is 1. The molecule has 0 amide bonds. The number of pyridine rings is 2. The summed E-state index contributed by atoms with van der Waals surface area (Å²) in [5, 5.41) is 9.92. The van der Waals surface area contributed by atoms with E-state index in [2.05, 4.69) is 4.90 Å². The molecule has 10 heteroatoms. The molecule has 4 aromatic rings. The minimum Gasteiger partial charge on any atom is -0.481 e. The monoisotopic (exact) mass is 687 g/mol. The maximum atomic E-state index is 11.8. The van der Waals surface area contributed by atoms with E-state index < -0.39 is 5.97 Å². The highest BCUT2D eigenvalue weighted by Gasteiger charge is 2.47. The number of aromatic nitrogens is 2. The summed E-state index contributed by atoms with van der Waals surface area (Å²) < 4.78 is 11.3. The third-order valence-corrected chi connectivity index (χ3v) is 10.3. The van der Waals surface area contributed by atoms with Crippen LogP contribution < -0.4 is 9.47 Å². The standard InChI is InChI=1S/C38H39Cl2N3O5/c1-47-36-24(8-4-3-5-13-33(45)46)14-16-31(41-36)29-11-6-9-27(34(29)39)28-10-7-12-30(35(28)40)32-17-15-25(37(42-32)48-2)21-43-22-38(23-43)19-18-26(44)20-38/h6-7,9-12,14-17H,3-5,8,13,18-23H2,1-2H3,(H,45,46). The predicted molar refractivity (Wildman–Crippen MR) is 188 cm³/mol. The molecule has 48 heavy (non-hydrogen) atoms. The molecule has 2 aromatic heterocycles. The summed E-state index contributed by atoms with van der Waals surface area (Å²) in [5.41, 5.74) is 6.56. The summed E-state index contributed by atoms with van der Waals surface area (Å²) in [4.78, 5) is 34.6. The highest BCUT2D eigenvalue weighted by Crippen LogP contribution is 2.45. The van der Waals surface area contributed by atoms with Gasteiger partial charge in [0, 0.05) is 77.7 Å². The van der Waals surface area contributed by atoms with Crippen LogP contribution in [0.4, 0.5) is 0 Å². The first kappa shape index (κ1) is 33.9. The van der Waals surface area contributed by atoms with Gasteiger partial charge in [0.1, 0.15) is 5.78 Å². The van der Waals surface area contributed by atoms with E-state index in [0.717, 1.165) is 78.7 Å². The van der Waals surface area contributed by atoms with Crippen molar-refractivity contribution < 1.29 is 24.2 Å². The van der Waals surface area contributed by atoms with Gasteiger partial charge in [0.25, 0.3) is 0 Å². The topological polar surface area (TPSA) is 102 Å². The number of aliphatic carboxylic acids is 1. The smallest absolute Gasteiger partial charge is 0.303 e. The summed E-state index contributed by atoms with van der Waals surface area (Å²) in [6, 6.07) is 19.6. The number of unbranched alkanes of at least 4 members (excludes halogenated alkanes) is 2. The van der Waals surface area contributed by atoms with Crippen molar-refractivity contribution in [2.45, 2.75) is 57.9 Å². The van der Waals surface area contributed by atoms with Crippen molar-refractivity contribution in [3.63, 3.8) is 0 Å². The Morgan fingerprint density at radius 3 is 1.92 bits per heavy atom. The van der Waals surface area contributed by atoms with E-state index in [1.165, 1.54) is 0 Å².